The van der Waals surface area contributed by atoms with Gasteiger partial charge in [-0.25, -0.2) is 0 Å². The zero-order valence-electron chi connectivity index (χ0n) is 12.1. The Hall–Kier alpha value is -1.29. The number of pyridine rings is 1. The number of hydrogen-bond donors (Lipinski definition) is 1. The number of benzene rings is 1. The maximum absolute atomic E-state index is 6.38. The van der Waals surface area contributed by atoms with Crippen LogP contribution in [0.15, 0.2) is 36.7 Å². The number of ether oxygens (including phenoxy) is 1. The third kappa shape index (κ3) is 3.67. The first-order valence-corrected chi connectivity index (χ1v) is 7.59. The largest absolute Gasteiger partial charge is 0.495 e. The molecular weight excluding hydrogens is 307 g/mol. The minimum atomic E-state index is -0.0888. The Morgan fingerprint density at radius 2 is 2.05 bits per heavy atom. The number of rotatable bonds is 6. The van der Waals surface area contributed by atoms with E-state index < -0.39 is 0 Å². The average Bonchev–Trinajstić information content (AvgIpc) is 2.52. The number of aromatic nitrogens is 1. The summed E-state index contributed by atoms with van der Waals surface area (Å²) in [5.74, 6) is 0.724. The van der Waals surface area contributed by atoms with E-state index >= 15 is 0 Å². The Morgan fingerprint density at radius 3 is 2.76 bits per heavy atom. The van der Waals surface area contributed by atoms with Crippen LogP contribution in [-0.4, -0.2) is 18.6 Å². The predicted molar refractivity (Wildman–Crippen MR) is 87.4 cm³/mol. The normalized spacial score (nSPS) is 12.2. The summed E-state index contributed by atoms with van der Waals surface area (Å²) in [4.78, 5) is 4.10. The van der Waals surface area contributed by atoms with Gasteiger partial charge in [0.15, 0.2) is 0 Å². The zero-order chi connectivity index (χ0) is 15.2. The fourth-order valence-electron chi connectivity index (χ4n) is 2.22. The number of nitrogens with one attached hydrogen (secondary N) is 1. The van der Waals surface area contributed by atoms with Gasteiger partial charge in [0.1, 0.15) is 5.75 Å². The third-order valence-electron chi connectivity index (χ3n) is 3.24. The monoisotopic (exact) mass is 324 g/mol. The Bertz CT molecular complexity index is 605. The molecule has 0 saturated heterocycles. The molecule has 0 saturated carbocycles. The average molecular weight is 325 g/mol. The molecule has 0 aliphatic rings. The summed E-state index contributed by atoms with van der Waals surface area (Å²) in [5.41, 5.74) is 1.92. The molecular formula is C16H18Cl2N2O. The van der Waals surface area contributed by atoms with Crippen molar-refractivity contribution in [1.82, 2.24) is 10.3 Å². The molecule has 1 unspecified atom stereocenters. The zero-order valence-corrected chi connectivity index (χ0v) is 13.6. The van der Waals surface area contributed by atoms with Gasteiger partial charge < -0.3 is 10.1 Å². The number of nitrogens with zero attached hydrogens (tertiary/aromatic N) is 1. The van der Waals surface area contributed by atoms with Crippen molar-refractivity contribution in [3.8, 4) is 5.75 Å². The van der Waals surface area contributed by atoms with E-state index in [0.717, 1.165) is 29.8 Å². The lowest BCUT2D eigenvalue weighted by molar-refractivity contribution is 0.402. The van der Waals surface area contributed by atoms with Crippen molar-refractivity contribution >= 4 is 23.2 Å². The van der Waals surface area contributed by atoms with Crippen LogP contribution in [0.4, 0.5) is 0 Å². The molecule has 112 valence electrons. The summed E-state index contributed by atoms with van der Waals surface area (Å²) >= 11 is 12.5. The molecule has 1 atom stereocenters. The van der Waals surface area contributed by atoms with Crippen LogP contribution in [0.25, 0.3) is 0 Å². The van der Waals surface area contributed by atoms with Crippen molar-refractivity contribution < 1.29 is 4.74 Å². The van der Waals surface area contributed by atoms with Gasteiger partial charge in [-0.3, -0.25) is 4.98 Å². The van der Waals surface area contributed by atoms with Crippen LogP contribution < -0.4 is 10.1 Å². The fraction of sp³-hybridized carbons (Fsp3) is 0.312. The lowest BCUT2D eigenvalue weighted by Crippen LogP contribution is -2.24. The van der Waals surface area contributed by atoms with E-state index in [1.54, 1.807) is 25.6 Å². The van der Waals surface area contributed by atoms with Gasteiger partial charge in [-0.15, -0.1) is 0 Å². The molecule has 21 heavy (non-hydrogen) atoms. The number of halogens is 2. The molecule has 0 radical (unpaired) electrons. The highest BCUT2D eigenvalue weighted by atomic mass is 35.5. The predicted octanol–water partition coefficient (Wildman–Crippen LogP) is 4.49. The van der Waals surface area contributed by atoms with Crippen LogP contribution in [0.2, 0.25) is 10.0 Å². The topological polar surface area (TPSA) is 34.2 Å². The Balaban J connectivity index is 2.50. The van der Waals surface area contributed by atoms with Crippen molar-refractivity contribution in [3.63, 3.8) is 0 Å². The van der Waals surface area contributed by atoms with Gasteiger partial charge in [0.05, 0.1) is 29.4 Å². The fourth-order valence-corrected chi connectivity index (χ4v) is 2.64. The van der Waals surface area contributed by atoms with Gasteiger partial charge in [-0.1, -0.05) is 42.3 Å². The van der Waals surface area contributed by atoms with E-state index in [-0.39, 0.29) is 6.04 Å². The molecule has 5 heteroatoms. The molecule has 0 spiro atoms. The van der Waals surface area contributed by atoms with Gasteiger partial charge in [0.2, 0.25) is 0 Å². The molecule has 0 aliphatic carbocycles. The van der Waals surface area contributed by atoms with Crippen LogP contribution in [0.3, 0.4) is 0 Å². The molecule has 3 nitrogen and oxygen atoms in total. The summed E-state index contributed by atoms with van der Waals surface area (Å²) in [6, 6.07) is 7.51. The van der Waals surface area contributed by atoms with Gasteiger partial charge in [-0.2, -0.15) is 0 Å². The van der Waals surface area contributed by atoms with Gasteiger partial charge in [-0.05, 0) is 30.7 Å². The highest BCUT2D eigenvalue weighted by molar-refractivity contribution is 6.42. The molecule has 0 bridgehead atoms. The van der Waals surface area contributed by atoms with Crippen LogP contribution in [-0.2, 0) is 0 Å². The summed E-state index contributed by atoms with van der Waals surface area (Å²) in [6.07, 6.45) is 4.47. The Kier molecular flexibility index (Phi) is 5.85. The van der Waals surface area contributed by atoms with Crippen molar-refractivity contribution in [1.29, 1.82) is 0 Å². The first kappa shape index (κ1) is 16.1. The van der Waals surface area contributed by atoms with Crippen LogP contribution >= 0.6 is 23.2 Å². The van der Waals surface area contributed by atoms with E-state index in [2.05, 4.69) is 17.2 Å². The van der Waals surface area contributed by atoms with E-state index in [0.29, 0.717) is 10.0 Å². The summed E-state index contributed by atoms with van der Waals surface area (Å²) in [7, 11) is 1.64. The van der Waals surface area contributed by atoms with Crippen molar-refractivity contribution in [3.05, 3.63) is 57.8 Å². The lowest BCUT2D eigenvalue weighted by Gasteiger charge is -2.22. The molecule has 0 aliphatic heterocycles. The van der Waals surface area contributed by atoms with Crippen molar-refractivity contribution in [2.24, 2.45) is 0 Å². The molecule has 1 N–H and O–H groups in total. The van der Waals surface area contributed by atoms with Gasteiger partial charge >= 0.3 is 0 Å². The second-order valence-corrected chi connectivity index (χ2v) is 5.43. The standard InChI is InChI=1S/C16H18Cl2N2O/c1-3-8-20-16(11-7-9-19-10-14(11)21-2)12-5-4-6-13(17)15(12)18/h4-7,9-10,16,20H,3,8H2,1-2H3. The van der Waals surface area contributed by atoms with Crippen LogP contribution in [0.1, 0.15) is 30.5 Å². The molecule has 1 aromatic carbocycles. The van der Waals surface area contributed by atoms with Gasteiger partial charge in [0.25, 0.3) is 0 Å². The number of methoxy groups -OCH3 is 1. The van der Waals surface area contributed by atoms with E-state index in [1.807, 2.05) is 18.2 Å². The van der Waals surface area contributed by atoms with Gasteiger partial charge in [0, 0.05) is 11.8 Å². The Labute approximate surface area is 135 Å². The quantitative estimate of drug-likeness (QED) is 0.850. The molecule has 2 aromatic rings. The van der Waals surface area contributed by atoms with Crippen molar-refractivity contribution in [2.75, 3.05) is 13.7 Å². The Morgan fingerprint density at radius 1 is 1.24 bits per heavy atom. The molecule has 1 aromatic heterocycles. The first-order valence-electron chi connectivity index (χ1n) is 6.84. The van der Waals surface area contributed by atoms with E-state index in [1.165, 1.54) is 0 Å². The van der Waals surface area contributed by atoms with Crippen LogP contribution in [0, 0.1) is 0 Å². The number of hydrogen-bond acceptors (Lipinski definition) is 3. The molecule has 2 rings (SSSR count). The third-order valence-corrected chi connectivity index (χ3v) is 4.07. The second kappa shape index (κ2) is 7.64. The smallest absolute Gasteiger partial charge is 0.142 e. The second-order valence-electron chi connectivity index (χ2n) is 4.65. The summed E-state index contributed by atoms with van der Waals surface area (Å²) < 4.78 is 5.42. The molecule has 0 amide bonds. The molecule has 0 fully saturated rings. The van der Waals surface area contributed by atoms with Crippen molar-refractivity contribution in [2.45, 2.75) is 19.4 Å². The first-order chi connectivity index (χ1) is 10.2. The minimum Gasteiger partial charge on any atom is -0.495 e. The highest BCUT2D eigenvalue weighted by Gasteiger charge is 2.21. The summed E-state index contributed by atoms with van der Waals surface area (Å²) in [5, 5.41) is 4.60. The van der Waals surface area contributed by atoms with E-state index in [4.69, 9.17) is 27.9 Å². The minimum absolute atomic E-state index is 0.0888. The summed E-state index contributed by atoms with van der Waals surface area (Å²) in [6.45, 7) is 2.98. The highest BCUT2D eigenvalue weighted by Crippen LogP contribution is 2.36. The van der Waals surface area contributed by atoms with E-state index in [9.17, 15) is 0 Å². The van der Waals surface area contributed by atoms with Crippen LogP contribution in [0.5, 0.6) is 5.75 Å². The lowest BCUT2D eigenvalue weighted by atomic mass is 9.98. The maximum Gasteiger partial charge on any atom is 0.142 e. The SMILES string of the molecule is CCCNC(c1ccncc1OC)c1cccc(Cl)c1Cl. The maximum atomic E-state index is 6.38. The molecule has 1 heterocycles.